The monoisotopic (exact) mass is 223 g/mol. The van der Waals surface area contributed by atoms with E-state index >= 15 is 0 Å². The van der Waals surface area contributed by atoms with Gasteiger partial charge in [0, 0.05) is 0 Å². The number of carbonyl (C=O) groups excluding carboxylic acids is 1. The van der Waals surface area contributed by atoms with Crippen LogP contribution in [0.15, 0.2) is 10.6 Å². The third-order valence-electron chi connectivity index (χ3n) is 2.71. The second-order valence-corrected chi connectivity index (χ2v) is 4.08. The molecule has 0 spiro atoms. The van der Waals surface area contributed by atoms with Gasteiger partial charge in [-0.15, -0.1) is 0 Å². The van der Waals surface area contributed by atoms with Crippen LogP contribution in [0.3, 0.4) is 0 Å². The zero-order chi connectivity index (χ0) is 11.4. The minimum absolute atomic E-state index is 0.0375. The molecule has 1 aliphatic heterocycles. The third kappa shape index (κ3) is 2.82. The Balaban J connectivity index is 1.78. The summed E-state index contributed by atoms with van der Waals surface area (Å²) in [6, 6.07) is -0.0511. The van der Waals surface area contributed by atoms with E-state index in [1.165, 1.54) is 0 Å². The average Bonchev–Trinajstić information content (AvgIpc) is 2.73. The summed E-state index contributed by atoms with van der Waals surface area (Å²) in [6.45, 7) is 3.13. The van der Waals surface area contributed by atoms with Crippen LogP contribution in [0.1, 0.15) is 30.9 Å². The molecule has 2 heterocycles. The molecule has 5 heteroatoms. The molecule has 0 aromatic carbocycles. The predicted molar refractivity (Wildman–Crippen MR) is 58.7 cm³/mol. The van der Waals surface area contributed by atoms with Crippen LogP contribution in [-0.4, -0.2) is 23.5 Å². The average molecular weight is 223 g/mol. The van der Waals surface area contributed by atoms with Crippen molar-refractivity contribution in [1.82, 2.24) is 15.6 Å². The molecule has 1 saturated heterocycles. The Labute approximate surface area is 94.6 Å². The van der Waals surface area contributed by atoms with E-state index in [2.05, 4.69) is 15.6 Å². The number of piperidine rings is 1. The van der Waals surface area contributed by atoms with Gasteiger partial charge in [-0.1, -0.05) is 6.42 Å². The van der Waals surface area contributed by atoms with E-state index in [0.29, 0.717) is 12.4 Å². The molecule has 0 saturated carbocycles. The van der Waals surface area contributed by atoms with E-state index in [1.54, 1.807) is 6.20 Å². The summed E-state index contributed by atoms with van der Waals surface area (Å²) in [5, 5.41) is 6.02. The minimum Gasteiger partial charge on any atom is -0.444 e. The Hall–Kier alpha value is -1.36. The van der Waals surface area contributed by atoms with Crippen molar-refractivity contribution in [3.05, 3.63) is 17.8 Å². The summed E-state index contributed by atoms with van der Waals surface area (Å²) in [5.41, 5.74) is 0. The standard InChI is InChI=1S/C11H17N3O2/c1-8-6-13-10(16-8)7-14-11(15)9-4-2-3-5-12-9/h6,9,12H,2-5,7H2,1H3,(H,14,15)/t9-/m1/s1. The Morgan fingerprint density at radius 1 is 1.69 bits per heavy atom. The largest absolute Gasteiger partial charge is 0.444 e. The number of nitrogens with zero attached hydrogens (tertiary/aromatic N) is 1. The number of amides is 1. The molecule has 1 aromatic heterocycles. The second-order valence-electron chi connectivity index (χ2n) is 4.08. The normalized spacial score (nSPS) is 20.7. The Kier molecular flexibility index (Phi) is 3.56. The summed E-state index contributed by atoms with van der Waals surface area (Å²) in [5.74, 6) is 1.36. The zero-order valence-electron chi connectivity index (χ0n) is 9.45. The van der Waals surface area contributed by atoms with E-state index in [4.69, 9.17) is 4.42 Å². The van der Waals surface area contributed by atoms with Gasteiger partial charge in [0.15, 0.2) is 0 Å². The van der Waals surface area contributed by atoms with Crippen molar-refractivity contribution in [2.75, 3.05) is 6.54 Å². The lowest BCUT2D eigenvalue weighted by Gasteiger charge is -2.22. The molecule has 0 aliphatic carbocycles. The molecule has 0 radical (unpaired) electrons. The minimum atomic E-state index is -0.0511. The van der Waals surface area contributed by atoms with E-state index in [1.807, 2.05) is 6.92 Å². The first-order chi connectivity index (χ1) is 7.75. The van der Waals surface area contributed by atoms with Gasteiger partial charge in [0.2, 0.25) is 11.8 Å². The van der Waals surface area contributed by atoms with Crippen molar-refractivity contribution >= 4 is 5.91 Å². The molecule has 16 heavy (non-hydrogen) atoms. The molecule has 1 aliphatic rings. The van der Waals surface area contributed by atoms with Crippen LogP contribution < -0.4 is 10.6 Å². The van der Waals surface area contributed by atoms with Crippen molar-refractivity contribution in [3.63, 3.8) is 0 Å². The first-order valence-electron chi connectivity index (χ1n) is 5.68. The molecular formula is C11H17N3O2. The number of hydrogen-bond donors (Lipinski definition) is 2. The highest BCUT2D eigenvalue weighted by Crippen LogP contribution is 2.07. The van der Waals surface area contributed by atoms with Gasteiger partial charge in [-0.25, -0.2) is 4.98 Å². The maximum Gasteiger partial charge on any atom is 0.237 e. The van der Waals surface area contributed by atoms with E-state index in [9.17, 15) is 4.79 Å². The van der Waals surface area contributed by atoms with Gasteiger partial charge >= 0.3 is 0 Å². The lowest BCUT2D eigenvalue weighted by Crippen LogP contribution is -2.46. The summed E-state index contributed by atoms with van der Waals surface area (Å²) in [7, 11) is 0. The lowest BCUT2D eigenvalue weighted by molar-refractivity contribution is -0.123. The Morgan fingerprint density at radius 2 is 2.56 bits per heavy atom. The predicted octanol–water partition coefficient (Wildman–Crippen LogP) is 0.741. The molecule has 1 atom stereocenters. The fraction of sp³-hybridized carbons (Fsp3) is 0.636. The molecule has 0 unspecified atom stereocenters. The summed E-state index contributed by atoms with van der Waals surface area (Å²) in [4.78, 5) is 15.8. The molecule has 1 aromatic rings. The van der Waals surface area contributed by atoms with E-state index in [-0.39, 0.29) is 11.9 Å². The van der Waals surface area contributed by atoms with Crippen LogP contribution >= 0.6 is 0 Å². The maximum absolute atomic E-state index is 11.7. The molecule has 2 rings (SSSR count). The highest BCUT2D eigenvalue weighted by molar-refractivity contribution is 5.81. The first-order valence-corrected chi connectivity index (χ1v) is 5.68. The van der Waals surface area contributed by atoms with Crippen LogP contribution in [0.2, 0.25) is 0 Å². The van der Waals surface area contributed by atoms with Gasteiger partial charge in [-0.2, -0.15) is 0 Å². The van der Waals surface area contributed by atoms with Crippen molar-refractivity contribution < 1.29 is 9.21 Å². The van der Waals surface area contributed by atoms with Crippen LogP contribution in [0, 0.1) is 6.92 Å². The molecule has 1 fully saturated rings. The Morgan fingerprint density at radius 3 is 3.19 bits per heavy atom. The molecule has 88 valence electrons. The van der Waals surface area contributed by atoms with Gasteiger partial charge < -0.3 is 15.1 Å². The second kappa shape index (κ2) is 5.12. The molecular weight excluding hydrogens is 206 g/mol. The number of carbonyl (C=O) groups is 1. The van der Waals surface area contributed by atoms with Gasteiger partial charge in [-0.3, -0.25) is 4.79 Å². The summed E-state index contributed by atoms with van der Waals surface area (Å²) in [6.07, 6.45) is 4.84. The number of aromatic nitrogens is 1. The number of hydrogen-bond acceptors (Lipinski definition) is 4. The van der Waals surface area contributed by atoms with Crippen LogP contribution in [-0.2, 0) is 11.3 Å². The zero-order valence-corrected chi connectivity index (χ0v) is 9.45. The first kappa shape index (κ1) is 11.1. The molecule has 1 amide bonds. The fourth-order valence-electron chi connectivity index (χ4n) is 1.84. The SMILES string of the molecule is Cc1cnc(CNC(=O)[C@H]2CCCCN2)o1. The van der Waals surface area contributed by atoms with E-state index in [0.717, 1.165) is 31.6 Å². The summed E-state index contributed by atoms with van der Waals surface area (Å²) < 4.78 is 5.27. The lowest BCUT2D eigenvalue weighted by atomic mass is 10.0. The van der Waals surface area contributed by atoms with Gasteiger partial charge in [0.05, 0.1) is 18.8 Å². The smallest absolute Gasteiger partial charge is 0.237 e. The molecule has 5 nitrogen and oxygen atoms in total. The highest BCUT2D eigenvalue weighted by atomic mass is 16.4. The van der Waals surface area contributed by atoms with Gasteiger partial charge in [-0.05, 0) is 26.3 Å². The number of nitrogens with one attached hydrogen (secondary N) is 2. The van der Waals surface area contributed by atoms with Gasteiger partial charge in [0.1, 0.15) is 5.76 Å². The number of rotatable bonds is 3. The van der Waals surface area contributed by atoms with Crippen molar-refractivity contribution in [2.24, 2.45) is 0 Å². The van der Waals surface area contributed by atoms with Crippen molar-refractivity contribution in [3.8, 4) is 0 Å². The molecule has 0 bridgehead atoms. The molecule has 2 N–H and O–H groups in total. The topological polar surface area (TPSA) is 67.2 Å². The maximum atomic E-state index is 11.7. The van der Waals surface area contributed by atoms with Crippen LogP contribution in [0.4, 0.5) is 0 Å². The third-order valence-corrected chi connectivity index (χ3v) is 2.71. The highest BCUT2D eigenvalue weighted by Gasteiger charge is 2.20. The van der Waals surface area contributed by atoms with Crippen LogP contribution in [0.25, 0.3) is 0 Å². The van der Waals surface area contributed by atoms with Gasteiger partial charge in [0.25, 0.3) is 0 Å². The summed E-state index contributed by atoms with van der Waals surface area (Å²) >= 11 is 0. The van der Waals surface area contributed by atoms with Crippen molar-refractivity contribution in [2.45, 2.75) is 38.8 Å². The van der Waals surface area contributed by atoms with E-state index < -0.39 is 0 Å². The quantitative estimate of drug-likeness (QED) is 0.793. The number of oxazole rings is 1. The fourth-order valence-corrected chi connectivity index (χ4v) is 1.84. The van der Waals surface area contributed by atoms with Crippen molar-refractivity contribution in [1.29, 1.82) is 0 Å². The number of aryl methyl sites for hydroxylation is 1. The Bertz CT molecular complexity index is 356. The van der Waals surface area contributed by atoms with Crippen LogP contribution in [0.5, 0.6) is 0 Å².